The van der Waals surface area contributed by atoms with Crippen LogP contribution < -0.4 is 5.32 Å². The van der Waals surface area contributed by atoms with Crippen LogP contribution in [-0.4, -0.2) is 32.2 Å². The highest BCUT2D eigenvalue weighted by Gasteiger charge is 2.22. The van der Waals surface area contributed by atoms with Crippen LogP contribution in [0.15, 0.2) is 18.2 Å². The average Bonchev–Trinajstić information content (AvgIpc) is 2.47. The summed E-state index contributed by atoms with van der Waals surface area (Å²) in [5.41, 5.74) is 3.20. The van der Waals surface area contributed by atoms with Gasteiger partial charge in [-0.1, -0.05) is 12.1 Å². The molecule has 1 aliphatic carbocycles. The van der Waals surface area contributed by atoms with E-state index in [2.05, 4.69) is 15.3 Å². The summed E-state index contributed by atoms with van der Waals surface area (Å²) in [4.78, 5) is 19.7. The summed E-state index contributed by atoms with van der Waals surface area (Å²) in [6.45, 7) is 3.34. The molecule has 2 aromatic rings. The van der Waals surface area contributed by atoms with Crippen LogP contribution in [0.3, 0.4) is 0 Å². The fourth-order valence-corrected chi connectivity index (χ4v) is 3.17. The first-order chi connectivity index (χ1) is 11.0. The molecule has 0 radical (unpaired) electrons. The second-order valence-electron chi connectivity index (χ2n) is 5.90. The maximum absolute atomic E-state index is 11.2. The van der Waals surface area contributed by atoms with Crippen molar-refractivity contribution >= 4 is 11.9 Å². The minimum atomic E-state index is -1.01. The van der Waals surface area contributed by atoms with E-state index < -0.39 is 5.97 Å². The van der Waals surface area contributed by atoms with E-state index in [4.69, 9.17) is 0 Å². The zero-order valence-electron chi connectivity index (χ0n) is 13.1. The van der Waals surface area contributed by atoms with Gasteiger partial charge in [0.25, 0.3) is 0 Å². The summed E-state index contributed by atoms with van der Waals surface area (Å²) in [5, 5.41) is 22.4. The van der Waals surface area contributed by atoms with Crippen molar-refractivity contribution in [1.29, 1.82) is 0 Å². The first-order valence-corrected chi connectivity index (χ1v) is 7.60. The number of anilines is 1. The number of aryl methyl sites for hydroxylation is 3. The Hall–Kier alpha value is -2.63. The molecule has 0 fully saturated rings. The highest BCUT2D eigenvalue weighted by atomic mass is 16.4. The molecule has 3 N–H and O–H groups in total. The molecule has 23 heavy (non-hydrogen) atoms. The lowest BCUT2D eigenvalue weighted by atomic mass is 9.88. The van der Waals surface area contributed by atoms with Crippen molar-refractivity contribution in [2.75, 3.05) is 5.32 Å². The number of nitrogens with zero attached hydrogens (tertiary/aromatic N) is 2. The van der Waals surface area contributed by atoms with Crippen LogP contribution in [0.1, 0.15) is 39.3 Å². The molecule has 0 saturated heterocycles. The SMILES string of the molecule is Cc1nc(NC2CCc3cccc(O)c3C2)nc(C)c1C(=O)O. The number of hydrogen-bond acceptors (Lipinski definition) is 5. The van der Waals surface area contributed by atoms with Crippen LogP contribution in [0.25, 0.3) is 0 Å². The van der Waals surface area contributed by atoms with Crippen molar-refractivity contribution in [2.24, 2.45) is 0 Å². The van der Waals surface area contributed by atoms with Crippen LogP contribution in [0.4, 0.5) is 5.95 Å². The number of rotatable bonds is 3. The third-order valence-corrected chi connectivity index (χ3v) is 4.28. The Morgan fingerprint density at radius 3 is 2.61 bits per heavy atom. The number of phenolic OH excluding ortho intramolecular Hbond substituents is 1. The number of phenols is 1. The van der Waals surface area contributed by atoms with E-state index in [-0.39, 0.29) is 11.6 Å². The van der Waals surface area contributed by atoms with Crippen LogP contribution in [-0.2, 0) is 12.8 Å². The van der Waals surface area contributed by atoms with Gasteiger partial charge >= 0.3 is 5.97 Å². The molecule has 3 rings (SSSR count). The van der Waals surface area contributed by atoms with Crippen LogP contribution in [0.2, 0.25) is 0 Å². The fourth-order valence-electron chi connectivity index (χ4n) is 3.17. The van der Waals surface area contributed by atoms with Crippen LogP contribution >= 0.6 is 0 Å². The lowest BCUT2D eigenvalue weighted by molar-refractivity contribution is 0.0694. The third-order valence-electron chi connectivity index (χ3n) is 4.28. The Bertz CT molecular complexity index is 751. The lowest BCUT2D eigenvalue weighted by Crippen LogP contribution is -2.28. The number of fused-ring (bicyclic) bond motifs is 1. The predicted molar refractivity (Wildman–Crippen MR) is 86.0 cm³/mol. The standard InChI is InChI=1S/C17H19N3O3/c1-9-15(16(22)23)10(2)19-17(18-9)20-12-7-6-11-4-3-5-14(21)13(11)8-12/h3-5,12,21H,6-8H2,1-2H3,(H,22,23)(H,18,19,20). The van der Waals surface area contributed by atoms with Crippen LogP contribution in [0.5, 0.6) is 5.75 Å². The average molecular weight is 313 g/mol. The van der Waals surface area contributed by atoms with Gasteiger partial charge in [-0.15, -0.1) is 0 Å². The number of benzene rings is 1. The van der Waals surface area contributed by atoms with Gasteiger partial charge in [0.1, 0.15) is 11.3 Å². The van der Waals surface area contributed by atoms with Gasteiger partial charge in [0.15, 0.2) is 0 Å². The summed E-state index contributed by atoms with van der Waals surface area (Å²) in [7, 11) is 0. The molecule has 6 heteroatoms. The van der Waals surface area contributed by atoms with E-state index in [0.717, 1.165) is 18.4 Å². The number of aromatic carboxylic acids is 1. The molecule has 1 aliphatic rings. The largest absolute Gasteiger partial charge is 0.508 e. The van der Waals surface area contributed by atoms with Crippen molar-refractivity contribution in [3.05, 3.63) is 46.3 Å². The van der Waals surface area contributed by atoms with Crippen molar-refractivity contribution < 1.29 is 15.0 Å². The normalized spacial score (nSPS) is 16.7. The molecule has 0 amide bonds. The molecule has 6 nitrogen and oxygen atoms in total. The maximum Gasteiger partial charge on any atom is 0.339 e. The molecule has 0 bridgehead atoms. The van der Waals surface area contributed by atoms with Crippen molar-refractivity contribution in [2.45, 2.75) is 39.2 Å². The summed E-state index contributed by atoms with van der Waals surface area (Å²) in [5.74, 6) is -0.250. The van der Waals surface area contributed by atoms with E-state index >= 15 is 0 Å². The zero-order valence-corrected chi connectivity index (χ0v) is 13.1. The van der Waals surface area contributed by atoms with Crippen molar-refractivity contribution in [1.82, 2.24) is 9.97 Å². The molecule has 0 aliphatic heterocycles. The monoisotopic (exact) mass is 313 g/mol. The van der Waals surface area contributed by atoms with E-state index in [1.807, 2.05) is 12.1 Å². The van der Waals surface area contributed by atoms with E-state index in [1.54, 1.807) is 19.9 Å². The molecule has 0 spiro atoms. The molecule has 0 saturated carbocycles. The number of carboxylic acid groups (broad SMARTS) is 1. The minimum Gasteiger partial charge on any atom is -0.508 e. The molecule has 1 heterocycles. The number of nitrogens with one attached hydrogen (secondary N) is 1. The first kappa shape index (κ1) is 15.3. The van der Waals surface area contributed by atoms with E-state index in [1.165, 1.54) is 5.56 Å². The second kappa shape index (κ2) is 5.87. The number of aromatic nitrogens is 2. The highest BCUT2D eigenvalue weighted by Crippen LogP contribution is 2.29. The van der Waals surface area contributed by atoms with E-state index in [0.29, 0.717) is 29.5 Å². The molecular formula is C17H19N3O3. The topological polar surface area (TPSA) is 95.3 Å². The molecule has 1 atom stereocenters. The second-order valence-corrected chi connectivity index (χ2v) is 5.90. The zero-order chi connectivity index (χ0) is 16.6. The lowest BCUT2D eigenvalue weighted by Gasteiger charge is -2.26. The Morgan fingerprint density at radius 1 is 1.26 bits per heavy atom. The van der Waals surface area contributed by atoms with Crippen molar-refractivity contribution in [3.8, 4) is 5.75 Å². The smallest absolute Gasteiger partial charge is 0.339 e. The minimum absolute atomic E-state index is 0.116. The summed E-state index contributed by atoms with van der Waals surface area (Å²) >= 11 is 0. The van der Waals surface area contributed by atoms with Crippen molar-refractivity contribution in [3.63, 3.8) is 0 Å². The Morgan fingerprint density at radius 2 is 1.96 bits per heavy atom. The van der Waals surface area contributed by atoms with Crippen LogP contribution in [0, 0.1) is 13.8 Å². The van der Waals surface area contributed by atoms with Gasteiger partial charge in [-0.05, 0) is 50.3 Å². The number of carboxylic acids is 1. The number of aromatic hydroxyl groups is 1. The molecule has 1 unspecified atom stereocenters. The molecule has 1 aromatic heterocycles. The summed E-state index contributed by atoms with van der Waals surface area (Å²) < 4.78 is 0. The number of hydrogen-bond donors (Lipinski definition) is 3. The molecule has 1 aromatic carbocycles. The third kappa shape index (κ3) is 2.97. The molecule has 120 valence electrons. The predicted octanol–water partition coefficient (Wildman–Crippen LogP) is 2.47. The first-order valence-electron chi connectivity index (χ1n) is 7.60. The van der Waals surface area contributed by atoms with Gasteiger partial charge in [0.05, 0.1) is 11.4 Å². The maximum atomic E-state index is 11.2. The van der Waals surface area contributed by atoms with Gasteiger partial charge in [-0.3, -0.25) is 0 Å². The fraction of sp³-hybridized carbons (Fsp3) is 0.353. The number of carbonyl (C=O) groups is 1. The van der Waals surface area contributed by atoms with Gasteiger partial charge < -0.3 is 15.5 Å². The summed E-state index contributed by atoms with van der Waals surface area (Å²) in [6, 6.07) is 5.72. The van der Waals surface area contributed by atoms with Gasteiger partial charge in [0, 0.05) is 6.04 Å². The van der Waals surface area contributed by atoms with Gasteiger partial charge in [-0.25, -0.2) is 14.8 Å². The summed E-state index contributed by atoms with van der Waals surface area (Å²) in [6.07, 6.45) is 2.50. The molecular weight excluding hydrogens is 294 g/mol. The van der Waals surface area contributed by atoms with Gasteiger partial charge in [-0.2, -0.15) is 0 Å². The Labute approximate surface area is 134 Å². The quantitative estimate of drug-likeness (QED) is 0.805. The highest BCUT2D eigenvalue weighted by molar-refractivity contribution is 5.90. The van der Waals surface area contributed by atoms with Gasteiger partial charge in [0.2, 0.25) is 5.95 Å². The Balaban J connectivity index is 1.81. The Kier molecular flexibility index (Phi) is 3.90. The van der Waals surface area contributed by atoms with E-state index in [9.17, 15) is 15.0 Å².